The van der Waals surface area contributed by atoms with Gasteiger partial charge in [0.05, 0.1) is 46.0 Å². The van der Waals surface area contributed by atoms with Gasteiger partial charge in [-0.25, -0.2) is 4.85 Å². The van der Waals surface area contributed by atoms with Crippen LogP contribution in [0.2, 0.25) is 0 Å². The number of benzene rings is 7. The molecule has 0 amide bonds. The number of aromatic nitrogens is 2. The third-order valence-electron chi connectivity index (χ3n) is 9.37. The molecule has 0 aliphatic carbocycles. The molecule has 0 fully saturated rings. The van der Waals surface area contributed by atoms with E-state index in [0.29, 0.717) is 11.3 Å². The van der Waals surface area contributed by atoms with Gasteiger partial charge in [-0.3, -0.25) is 0 Å². The van der Waals surface area contributed by atoms with E-state index in [1.165, 1.54) is 10.8 Å². The van der Waals surface area contributed by atoms with Gasteiger partial charge in [-0.15, -0.1) is 0 Å². The third-order valence-corrected chi connectivity index (χ3v) is 9.37. The fourth-order valence-corrected chi connectivity index (χ4v) is 7.24. The average Bonchev–Trinajstić information content (AvgIpc) is 3.67. The molecule has 9 rings (SSSR count). The van der Waals surface area contributed by atoms with Crippen molar-refractivity contribution in [3.63, 3.8) is 0 Å². The first-order valence-corrected chi connectivity index (χ1v) is 15.9. The van der Waals surface area contributed by atoms with E-state index in [4.69, 9.17) is 6.57 Å². The van der Waals surface area contributed by atoms with Gasteiger partial charge in [-0.2, -0.15) is 5.26 Å². The lowest BCUT2D eigenvalue weighted by Gasteiger charge is -2.16. The van der Waals surface area contributed by atoms with E-state index in [0.717, 1.165) is 66.5 Å². The Hall–Kier alpha value is -6.88. The van der Waals surface area contributed by atoms with E-state index < -0.39 is 0 Å². The zero-order chi connectivity index (χ0) is 32.2. The van der Waals surface area contributed by atoms with Gasteiger partial charge in [0.1, 0.15) is 0 Å². The van der Waals surface area contributed by atoms with Crippen LogP contribution in [0.1, 0.15) is 5.56 Å². The summed E-state index contributed by atoms with van der Waals surface area (Å²) in [5.74, 6) is 0. The summed E-state index contributed by atoms with van der Waals surface area (Å²) in [4.78, 5) is 3.99. The molecule has 4 nitrogen and oxygen atoms in total. The van der Waals surface area contributed by atoms with Crippen molar-refractivity contribution in [1.29, 1.82) is 5.26 Å². The van der Waals surface area contributed by atoms with Gasteiger partial charge in [0.25, 0.3) is 0 Å². The Morgan fingerprint density at radius 3 is 1.73 bits per heavy atom. The third kappa shape index (κ3) is 4.14. The maximum atomic E-state index is 9.55. The molecule has 0 bridgehead atoms. The van der Waals surface area contributed by atoms with Crippen LogP contribution in [0.3, 0.4) is 0 Å². The molecule has 48 heavy (non-hydrogen) atoms. The first kappa shape index (κ1) is 27.4. The minimum atomic E-state index is 0.615. The molecule has 4 heteroatoms. The molecule has 0 unspecified atom stereocenters. The molecular formula is C44H26N4. The molecule has 9 aromatic rings. The molecule has 0 aliphatic rings. The van der Waals surface area contributed by atoms with Gasteiger partial charge < -0.3 is 9.13 Å². The quantitative estimate of drug-likeness (QED) is 0.183. The number of fused-ring (bicyclic) bond motifs is 6. The molecule has 0 aliphatic heterocycles. The molecule has 0 spiro atoms. The van der Waals surface area contributed by atoms with E-state index in [1.54, 1.807) is 0 Å². The summed E-state index contributed by atoms with van der Waals surface area (Å²) in [7, 11) is 0. The fraction of sp³-hybridized carbons (Fsp3) is 0. The van der Waals surface area contributed by atoms with Crippen LogP contribution in [-0.2, 0) is 0 Å². The molecule has 0 N–H and O–H groups in total. The Morgan fingerprint density at radius 1 is 0.479 bits per heavy atom. The van der Waals surface area contributed by atoms with Gasteiger partial charge >= 0.3 is 0 Å². The van der Waals surface area contributed by atoms with Crippen LogP contribution >= 0.6 is 0 Å². The van der Waals surface area contributed by atoms with Crippen LogP contribution in [-0.4, -0.2) is 9.13 Å². The second kappa shape index (κ2) is 10.9. The number of para-hydroxylation sites is 4. The monoisotopic (exact) mass is 610 g/mol. The fourth-order valence-electron chi connectivity index (χ4n) is 7.24. The zero-order valence-electron chi connectivity index (χ0n) is 25.8. The predicted molar refractivity (Wildman–Crippen MR) is 197 cm³/mol. The highest BCUT2D eigenvalue weighted by atomic mass is 15.0. The Kier molecular flexibility index (Phi) is 6.22. The summed E-state index contributed by atoms with van der Waals surface area (Å²) in [6.45, 7) is 8.10. The van der Waals surface area contributed by atoms with E-state index in [1.807, 2.05) is 36.4 Å². The molecule has 0 saturated carbocycles. The predicted octanol–water partition coefficient (Wildman–Crippen LogP) is 11.6. The van der Waals surface area contributed by atoms with E-state index in [-0.39, 0.29) is 0 Å². The SMILES string of the molecule is [C-]#[N+]c1cccc(-c2ccc(-c3cccc(-n4c5ccccc5c5cc(C#N)ccc54)c3)cc2)c1-n1c2ccccc2c2ccccc21. The van der Waals surface area contributed by atoms with Crippen LogP contribution in [0, 0.1) is 17.9 Å². The van der Waals surface area contributed by atoms with Crippen molar-refractivity contribution in [1.82, 2.24) is 9.13 Å². The number of hydrogen-bond donors (Lipinski definition) is 0. The van der Waals surface area contributed by atoms with Crippen molar-refractivity contribution >= 4 is 49.3 Å². The van der Waals surface area contributed by atoms with Crippen molar-refractivity contribution in [2.45, 2.75) is 0 Å². The molecule has 222 valence electrons. The van der Waals surface area contributed by atoms with Gasteiger partial charge in [-0.1, -0.05) is 109 Å². The maximum Gasteiger partial charge on any atom is 0.211 e. The summed E-state index contributed by atoms with van der Waals surface area (Å²) in [6, 6.07) is 56.6. The average molecular weight is 611 g/mol. The molecule has 2 aromatic heterocycles. The van der Waals surface area contributed by atoms with Crippen molar-refractivity contribution in [2.24, 2.45) is 0 Å². The van der Waals surface area contributed by atoms with Crippen molar-refractivity contribution in [2.75, 3.05) is 0 Å². The molecule has 0 radical (unpaired) electrons. The van der Waals surface area contributed by atoms with Gasteiger partial charge in [0.2, 0.25) is 5.69 Å². The standard InChI is InChI=1S/C44H26N4/c1-46-39-16-9-15-34(44(39)48-41-18-6-2-12-35(41)36-13-3-7-19-42(36)48)31-23-21-30(22-24-31)32-10-8-11-33(27-32)47-40-17-5-4-14-37(40)38-26-29(28-45)20-25-43(38)47/h2-27H. The molecule has 0 atom stereocenters. The van der Waals surface area contributed by atoms with Crippen molar-refractivity contribution in [3.05, 3.63) is 175 Å². The molecular weight excluding hydrogens is 585 g/mol. The Balaban J connectivity index is 1.17. The zero-order valence-corrected chi connectivity index (χ0v) is 25.8. The lowest BCUT2D eigenvalue weighted by molar-refractivity contribution is 1.18. The second-order valence-electron chi connectivity index (χ2n) is 12.0. The number of hydrogen-bond acceptors (Lipinski definition) is 1. The number of rotatable bonds is 4. The summed E-state index contributed by atoms with van der Waals surface area (Å²) in [6.07, 6.45) is 0. The van der Waals surface area contributed by atoms with Gasteiger partial charge in [0.15, 0.2) is 0 Å². The van der Waals surface area contributed by atoms with Gasteiger partial charge in [-0.05, 0) is 70.8 Å². The number of nitriles is 1. The Bertz CT molecular complexity index is 2750. The minimum absolute atomic E-state index is 0.615. The first-order valence-electron chi connectivity index (χ1n) is 15.9. The van der Waals surface area contributed by atoms with Crippen molar-refractivity contribution < 1.29 is 0 Å². The Morgan fingerprint density at radius 2 is 1.06 bits per heavy atom. The molecule has 7 aromatic carbocycles. The van der Waals surface area contributed by atoms with Crippen LogP contribution in [0.25, 0.3) is 82.1 Å². The lowest BCUT2D eigenvalue weighted by Crippen LogP contribution is -1.97. The minimum Gasteiger partial charge on any atom is -0.318 e. The Labute approximate surface area is 277 Å². The highest BCUT2D eigenvalue weighted by Gasteiger charge is 2.19. The summed E-state index contributed by atoms with van der Waals surface area (Å²) in [5, 5.41) is 14.1. The van der Waals surface area contributed by atoms with E-state index in [9.17, 15) is 5.26 Å². The van der Waals surface area contributed by atoms with Crippen LogP contribution in [0.4, 0.5) is 5.69 Å². The van der Waals surface area contributed by atoms with Crippen LogP contribution in [0.15, 0.2) is 158 Å². The topological polar surface area (TPSA) is 38.0 Å². The summed E-state index contributed by atoms with van der Waals surface area (Å²) in [5.41, 5.74) is 11.8. The maximum absolute atomic E-state index is 9.55. The molecule has 2 heterocycles. The second-order valence-corrected chi connectivity index (χ2v) is 12.0. The lowest BCUT2D eigenvalue weighted by atomic mass is 9.98. The normalized spacial score (nSPS) is 11.3. The van der Waals surface area contributed by atoms with Crippen LogP contribution < -0.4 is 0 Å². The largest absolute Gasteiger partial charge is 0.318 e. The highest BCUT2D eigenvalue weighted by Crippen LogP contribution is 2.41. The highest BCUT2D eigenvalue weighted by molar-refractivity contribution is 6.11. The first-order chi connectivity index (χ1) is 23.7. The van der Waals surface area contributed by atoms with Crippen LogP contribution in [0.5, 0.6) is 0 Å². The smallest absolute Gasteiger partial charge is 0.211 e. The number of nitrogens with zero attached hydrogens (tertiary/aromatic N) is 4. The van der Waals surface area contributed by atoms with Crippen molar-refractivity contribution in [3.8, 4) is 39.7 Å². The van der Waals surface area contributed by atoms with E-state index in [2.05, 4.69) is 141 Å². The van der Waals surface area contributed by atoms with E-state index >= 15 is 0 Å². The summed E-state index contributed by atoms with van der Waals surface area (Å²) >= 11 is 0. The van der Waals surface area contributed by atoms with Gasteiger partial charge in [0, 0.05) is 27.2 Å². The summed E-state index contributed by atoms with van der Waals surface area (Å²) < 4.78 is 4.52. The molecule has 0 saturated heterocycles.